The van der Waals surface area contributed by atoms with Crippen molar-refractivity contribution in [3.8, 4) is 17.1 Å². The second-order valence-corrected chi connectivity index (χ2v) is 8.30. The van der Waals surface area contributed by atoms with Crippen LogP contribution >= 0.6 is 0 Å². The van der Waals surface area contributed by atoms with Crippen LogP contribution in [-0.4, -0.2) is 39.2 Å². The number of amides is 1. The number of para-hydroxylation sites is 1. The van der Waals surface area contributed by atoms with Gasteiger partial charge in [0, 0.05) is 17.3 Å². The van der Waals surface area contributed by atoms with Crippen molar-refractivity contribution in [2.24, 2.45) is 0 Å². The number of hydrogen-bond acceptors (Lipinski definition) is 6. The average Bonchev–Trinajstić information content (AvgIpc) is 3.22. The van der Waals surface area contributed by atoms with Gasteiger partial charge in [0.05, 0.1) is 12.7 Å². The smallest absolute Gasteiger partial charge is 0.239 e. The number of halogens is 1. The first-order valence-corrected chi connectivity index (χ1v) is 10.7. The molecule has 158 valence electrons. The molecule has 0 bridgehead atoms. The van der Waals surface area contributed by atoms with Crippen molar-refractivity contribution >= 4 is 16.7 Å². The Morgan fingerprint density at radius 3 is 2.70 bits per heavy atom. The number of methoxy groups -OCH3 is 1. The predicted octanol–water partition coefficient (Wildman–Crippen LogP) is 2.88. The molecule has 0 saturated carbocycles. The van der Waals surface area contributed by atoms with Gasteiger partial charge in [0.2, 0.25) is 17.6 Å². The highest BCUT2D eigenvalue weighted by Gasteiger charge is 2.23. The highest BCUT2D eigenvalue weighted by atomic mass is 32.2. The lowest BCUT2D eigenvalue weighted by atomic mass is 10.1. The normalized spacial score (nSPS) is 12.9. The number of nitrogens with one attached hydrogen (secondary N) is 1. The number of rotatable bonds is 9. The molecule has 30 heavy (non-hydrogen) atoms. The van der Waals surface area contributed by atoms with Gasteiger partial charge in [-0.25, -0.2) is 4.39 Å². The molecule has 0 aliphatic rings. The van der Waals surface area contributed by atoms with Crippen LogP contribution in [0.4, 0.5) is 4.39 Å². The summed E-state index contributed by atoms with van der Waals surface area (Å²) in [5.41, 5.74) is 1.56. The molecular formula is C21H22FN3O4S. The number of carbonyl (C=O) groups excluding carboxylic acids is 1. The zero-order chi connectivity index (χ0) is 21.5. The molecule has 1 amide bonds. The molecule has 3 aromatic rings. The number of aromatic nitrogens is 2. The Balaban J connectivity index is 1.53. The van der Waals surface area contributed by atoms with Gasteiger partial charge >= 0.3 is 0 Å². The standard InChI is InChI=1S/C21H22FN3O4S/c1-14(21(26)23-12-11-15-7-9-16(22)10-8-15)30(27)13-19-24-20(25-29-19)17-5-3-4-6-18(17)28-2/h3-10,14H,11-13H2,1-2H3,(H,23,26). The molecule has 2 aromatic carbocycles. The molecule has 0 aliphatic heterocycles. The van der Waals surface area contributed by atoms with Gasteiger partial charge in [-0.05, 0) is 43.2 Å². The van der Waals surface area contributed by atoms with E-state index in [0.717, 1.165) is 5.56 Å². The van der Waals surface area contributed by atoms with Crippen molar-refractivity contribution < 1.29 is 22.7 Å². The third kappa shape index (κ3) is 5.50. The minimum atomic E-state index is -1.54. The minimum absolute atomic E-state index is 0.0330. The Morgan fingerprint density at radius 2 is 1.97 bits per heavy atom. The van der Waals surface area contributed by atoms with Crippen molar-refractivity contribution in [2.75, 3.05) is 13.7 Å². The maximum atomic E-state index is 12.9. The van der Waals surface area contributed by atoms with Crippen molar-refractivity contribution in [3.05, 3.63) is 65.8 Å². The minimum Gasteiger partial charge on any atom is -0.496 e. The highest BCUT2D eigenvalue weighted by Crippen LogP contribution is 2.27. The largest absolute Gasteiger partial charge is 0.496 e. The van der Waals surface area contributed by atoms with Crippen molar-refractivity contribution in [2.45, 2.75) is 24.3 Å². The highest BCUT2D eigenvalue weighted by molar-refractivity contribution is 7.85. The topological polar surface area (TPSA) is 94.3 Å². The quantitative estimate of drug-likeness (QED) is 0.560. The van der Waals surface area contributed by atoms with E-state index >= 15 is 0 Å². The second-order valence-electron chi connectivity index (χ2n) is 6.55. The van der Waals surface area contributed by atoms with Crippen molar-refractivity contribution in [1.82, 2.24) is 15.5 Å². The third-order valence-corrected chi connectivity index (χ3v) is 6.01. The first-order valence-electron chi connectivity index (χ1n) is 9.33. The zero-order valence-electron chi connectivity index (χ0n) is 16.6. The number of carbonyl (C=O) groups is 1. The van der Waals surface area contributed by atoms with Crippen LogP contribution in [0.3, 0.4) is 0 Å². The van der Waals surface area contributed by atoms with E-state index in [2.05, 4.69) is 15.5 Å². The van der Waals surface area contributed by atoms with Crippen LogP contribution in [0.25, 0.3) is 11.4 Å². The van der Waals surface area contributed by atoms with Crippen LogP contribution < -0.4 is 10.1 Å². The van der Waals surface area contributed by atoms with Gasteiger partial charge in [-0.2, -0.15) is 4.98 Å². The number of nitrogens with zero attached hydrogens (tertiary/aromatic N) is 2. The van der Waals surface area contributed by atoms with Gasteiger partial charge in [0.1, 0.15) is 22.6 Å². The van der Waals surface area contributed by atoms with Crippen LogP contribution in [0.5, 0.6) is 5.75 Å². The molecule has 1 N–H and O–H groups in total. The molecule has 9 heteroatoms. The molecule has 0 radical (unpaired) electrons. The zero-order valence-corrected chi connectivity index (χ0v) is 17.4. The number of ether oxygens (including phenoxy) is 1. The summed E-state index contributed by atoms with van der Waals surface area (Å²) < 4.78 is 35.9. The van der Waals surface area contributed by atoms with Crippen LogP contribution in [0, 0.1) is 5.82 Å². The van der Waals surface area contributed by atoms with E-state index in [0.29, 0.717) is 30.1 Å². The van der Waals surface area contributed by atoms with Gasteiger partial charge in [-0.15, -0.1) is 0 Å². The third-order valence-electron chi connectivity index (χ3n) is 4.47. The first-order chi connectivity index (χ1) is 14.5. The molecule has 0 saturated heterocycles. The molecule has 3 rings (SSSR count). The molecule has 0 fully saturated rings. The summed E-state index contributed by atoms with van der Waals surface area (Å²) in [6, 6.07) is 13.3. The van der Waals surface area contributed by atoms with Gasteiger partial charge in [-0.3, -0.25) is 9.00 Å². The van der Waals surface area contributed by atoms with E-state index < -0.39 is 16.0 Å². The SMILES string of the molecule is COc1ccccc1-c1noc(CS(=O)C(C)C(=O)NCCc2ccc(F)cc2)n1. The van der Waals surface area contributed by atoms with Gasteiger partial charge < -0.3 is 14.6 Å². The lowest BCUT2D eigenvalue weighted by Crippen LogP contribution is -2.37. The van der Waals surface area contributed by atoms with E-state index in [1.165, 1.54) is 12.1 Å². The van der Waals surface area contributed by atoms with Crippen molar-refractivity contribution in [1.29, 1.82) is 0 Å². The van der Waals surface area contributed by atoms with Crippen LogP contribution in [0.15, 0.2) is 53.1 Å². The van der Waals surface area contributed by atoms with Gasteiger partial charge in [-0.1, -0.05) is 29.4 Å². The molecule has 1 heterocycles. The molecule has 2 unspecified atom stereocenters. The van der Waals surface area contributed by atoms with E-state index in [4.69, 9.17) is 9.26 Å². The summed E-state index contributed by atoms with van der Waals surface area (Å²) in [7, 11) is 0.0107. The number of benzene rings is 2. The summed E-state index contributed by atoms with van der Waals surface area (Å²) in [5, 5.41) is 5.91. The molecule has 2 atom stereocenters. The molecule has 0 aliphatic carbocycles. The van der Waals surface area contributed by atoms with E-state index in [9.17, 15) is 13.4 Å². The average molecular weight is 431 g/mol. The molecule has 7 nitrogen and oxygen atoms in total. The number of hydrogen-bond donors (Lipinski definition) is 1. The molecular weight excluding hydrogens is 409 g/mol. The Kier molecular flexibility index (Phi) is 7.29. The Bertz CT molecular complexity index is 1020. The fourth-order valence-electron chi connectivity index (χ4n) is 2.74. The molecule has 0 spiro atoms. The van der Waals surface area contributed by atoms with E-state index in [1.807, 2.05) is 12.1 Å². The van der Waals surface area contributed by atoms with E-state index in [-0.39, 0.29) is 23.4 Å². The van der Waals surface area contributed by atoms with Gasteiger partial charge in [0.25, 0.3) is 0 Å². The lowest BCUT2D eigenvalue weighted by Gasteiger charge is -2.11. The summed E-state index contributed by atoms with van der Waals surface area (Å²) in [4.78, 5) is 16.5. The maximum absolute atomic E-state index is 12.9. The van der Waals surface area contributed by atoms with Crippen LogP contribution in [0.1, 0.15) is 18.4 Å². The Hall–Kier alpha value is -3.07. The monoisotopic (exact) mass is 431 g/mol. The Labute approximate surface area is 176 Å². The van der Waals surface area contributed by atoms with Gasteiger partial charge in [0.15, 0.2) is 0 Å². The van der Waals surface area contributed by atoms with E-state index in [1.54, 1.807) is 38.3 Å². The summed E-state index contributed by atoms with van der Waals surface area (Å²) >= 11 is 0. The summed E-state index contributed by atoms with van der Waals surface area (Å²) in [6.07, 6.45) is 0.553. The summed E-state index contributed by atoms with van der Waals surface area (Å²) in [6.45, 7) is 1.95. The molecule has 1 aromatic heterocycles. The summed E-state index contributed by atoms with van der Waals surface area (Å²) in [5.74, 6) is 0.437. The lowest BCUT2D eigenvalue weighted by molar-refractivity contribution is -0.120. The Morgan fingerprint density at radius 1 is 1.23 bits per heavy atom. The maximum Gasteiger partial charge on any atom is 0.239 e. The fourth-order valence-corrected chi connectivity index (χ4v) is 3.68. The van der Waals surface area contributed by atoms with Crippen LogP contribution in [-0.2, 0) is 27.8 Å². The van der Waals surface area contributed by atoms with Crippen LogP contribution in [0.2, 0.25) is 0 Å². The first kappa shape index (κ1) is 21.6. The fraction of sp³-hybridized carbons (Fsp3) is 0.286. The second kappa shape index (κ2) is 10.1. The predicted molar refractivity (Wildman–Crippen MR) is 111 cm³/mol. The van der Waals surface area contributed by atoms with Crippen molar-refractivity contribution in [3.63, 3.8) is 0 Å².